The van der Waals surface area contributed by atoms with E-state index in [-0.39, 0.29) is 12.2 Å². The van der Waals surface area contributed by atoms with E-state index in [1.54, 1.807) is 25.1 Å². The first kappa shape index (κ1) is 14.0. The van der Waals surface area contributed by atoms with E-state index < -0.39 is 5.97 Å². The number of unbranched alkanes of at least 4 members (excludes halogenated alkanes) is 1. The molecule has 0 amide bonds. The van der Waals surface area contributed by atoms with Gasteiger partial charge in [0.15, 0.2) is 0 Å². The van der Waals surface area contributed by atoms with E-state index in [0.717, 1.165) is 0 Å². The average molecular weight is 276 g/mol. The summed E-state index contributed by atoms with van der Waals surface area (Å²) in [6, 6.07) is 5.12. The number of hydrogen-bond donors (Lipinski definition) is 2. The van der Waals surface area contributed by atoms with Crippen molar-refractivity contribution < 1.29 is 19.4 Å². The fourth-order valence-electron chi connectivity index (χ4n) is 1.87. The highest BCUT2D eigenvalue weighted by Crippen LogP contribution is 2.28. The van der Waals surface area contributed by atoms with Crippen molar-refractivity contribution >= 4 is 5.97 Å². The summed E-state index contributed by atoms with van der Waals surface area (Å²) >= 11 is 0. The lowest BCUT2D eigenvalue weighted by Gasteiger charge is -2.02. The molecule has 0 atom stereocenters. The third-order valence-corrected chi connectivity index (χ3v) is 3.03. The molecular weight excluding hydrogens is 260 g/mol. The molecule has 1 heterocycles. The lowest BCUT2D eigenvalue weighted by Crippen LogP contribution is -1.95. The molecule has 0 aliphatic rings. The Hall–Kier alpha value is -2.37. The minimum atomic E-state index is -0.799. The van der Waals surface area contributed by atoms with Crippen molar-refractivity contribution in [3.63, 3.8) is 0 Å². The fourth-order valence-corrected chi connectivity index (χ4v) is 1.87. The maximum atomic E-state index is 10.4. The fraction of sp³-hybridized carbons (Fsp3) is 0.357. The summed E-state index contributed by atoms with van der Waals surface area (Å²) in [6.45, 7) is 1.78. The highest BCUT2D eigenvalue weighted by atomic mass is 16.4. The molecule has 0 radical (unpaired) electrons. The molecule has 6 heteroatoms. The molecule has 2 aromatic rings. The highest BCUT2D eigenvalue weighted by molar-refractivity contribution is 5.66. The number of aliphatic carboxylic acids is 1. The second-order valence-electron chi connectivity index (χ2n) is 4.55. The predicted octanol–water partition coefficient (Wildman–Crippen LogP) is 2.55. The molecule has 0 unspecified atom stereocenters. The lowest BCUT2D eigenvalue weighted by atomic mass is 10.1. The highest BCUT2D eigenvalue weighted by Gasteiger charge is 2.12. The lowest BCUT2D eigenvalue weighted by molar-refractivity contribution is -0.137. The van der Waals surface area contributed by atoms with E-state index in [2.05, 4.69) is 10.2 Å². The summed E-state index contributed by atoms with van der Waals surface area (Å²) in [6.07, 6.45) is 1.97. The van der Waals surface area contributed by atoms with Gasteiger partial charge in [-0.15, -0.1) is 10.2 Å². The van der Waals surface area contributed by atoms with Crippen LogP contribution in [0.3, 0.4) is 0 Å². The summed E-state index contributed by atoms with van der Waals surface area (Å²) in [4.78, 5) is 10.4. The number of aromatic nitrogens is 2. The van der Waals surface area contributed by atoms with Crippen molar-refractivity contribution in [2.75, 3.05) is 0 Å². The van der Waals surface area contributed by atoms with Gasteiger partial charge in [0, 0.05) is 24.0 Å². The van der Waals surface area contributed by atoms with Crippen molar-refractivity contribution in [2.24, 2.45) is 0 Å². The van der Waals surface area contributed by atoms with Gasteiger partial charge in [-0.25, -0.2) is 0 Å². The molecule has 0 saturated carbocycles. The number of rotatable bonds is 6. The molecule has 0 bridgehead atoms. The van der Waals surface area contributed by atoms with Crippen LogP contribution < -0.4 is 0 Å². The normalized spacial score (nSPS) is 10.7. The van der Waals surface area contributed by atoms with E-state index >= 15 is 0 Å². The first-order valence-corrected chi connectivity index (χ1v) is 6.41. The van der Waals surface area contributed by atoms with Crippen molar-refractivity contribution in [1.82, 2.24) is 10.2 Å². The van der Waals surface area contributed by atoms with Crippen LogP contribution in [0.4, 0.5) is 0 Å². The Labute approximate surface area is 116 Å². The molecule has 1 aromatic heterocycles. The number of aryl methyl sites for hydroxylation is 1. The molecule has 0 aliphatic carbocycles. The van der Waals surface area contributed by atoms with Crippen LogP contribution in [0.25, 0.3) is 11.5 Å². The molecule has 0 saturated heterocycles. The molecule has 20 heavy (non-hydrogen) atoms. The smallest absolute Gasteiger partial charge is 0.303 e. The average Bonchev–Trinajstić information content (AvgIpc) is 2.86. The second kappa shape index (κ2) is 6.18. The number of phenols is 1. The second-order valence-corrected chi connectivity index (χ2v) is 4.55. The Morgan fingerprint density at radius 1 is 1.30 bits per heavy atom. The van der Waals surface area contributed by atoms with Gasteiger partial charge in [0.1, 0.15) is 5.75 Å². The van der Waals surface area contributed by atoms with E-state index in [9.17, 15) is 9.90 Å². The Morgan fingerprint density at radius 2 is 2.10 bits per heavy atom. The molecule has 0 spiro atoms. The van der Waals surface area contributed by atoms with Gasteiger partial charge in [0.25, 0.3) is 0 Å². The van der Waals surface area contributed by atoms with Gasteiger partial charge in [-0.3, -0.25) is 4.79 Å². The monoisotopic (exact) mass is 276 g/mol. The number of aromatic hydroxyl groups is 1. The minimum absolute atomic E-state index is 0.145. The van der Waals surface area contributed by atoms with Crippen molar-refractivity contribution in [3.8, 4) is 17.2 Å². The zero-order chi connectivity index (χ0) is 14.5. The Kier molecular flexibility index (Phi) is 4.34. The number of hydrogen-bond acceptors (Lipinski definition) is 5. The standard InChI is InChI=1S/C14H16N2O4/c1-9-10(5-4-6-11(9)17)14-16-15-12(20-14)7-2-3-8-13(18)19/h4-6,17H,2-3,7-8H2,1H3,(H,18,19). The summed E-state index contributed by atoms with van der Waals surface area (Å²) in [5.41, 5.74) is 1.39. The largest absolute Gasteiger partial charge is 0.508 e. The third-order valence-electron chi connectivity index (χ3n) is 3.03. The molecule has 6 nitrogen and oxygen atoms in total. The Morgan fingerprint density at radius 3 is 2.85 bits per heavy atom. The van der Waals surface area contributed by atoms with Gasteiger partial charge in [0.2, 0.25) is 11.8 Å². The quantitative estimate of drug-likeness (QED) is 0.787. The van der Waals surface area contributed by atoms with Crippen LogP contribution in [0.1, 0.15) is 30.7 Å². The van der Waals surface area contributed by atoms with E-state index in [0.29, 0.717) is 42.2 Å². The Bertz CT molecular complexity index is 607. The summed E-state index contributed by atoms with van der Waals surface area (Å²) in [5, 5.41) is 26.1. The number of phenolic OH excluding ortho intramolecular Hbond substituents is 1. The molecule has 0 aliphatic heterocycles. The van der Waals surface area contributed by atoms with Crippen LogP contribution in [-0.2, 0) is 11.2 Å². The van der Waals surface area contributed by atoms with Gasteiger partial charge in [-0.1, -0.05) is 6.07 Å². The maximum Gasteiger partial charge on any atom is 0.303 e. The molecular formula is C14H16N2O4. The number of carboxylic acid groups (broad SMARTS) is 1. The number of nitrogens with zero attached hydrogens (tertiary/aromatic N) is 2. The zero-order valence-electron chi connectivity index (χ0n) is 11.2. The topological polar surface area (TPSA) is 96.5 Å². The van der Waals surface area contributed by atoms with Crippen molar-refractivity contribution in [3.05, 3.63) is 29.7 Å². The minimum Gasteiger partial charge on any atom is -0.508 e. The number of carboxylic acids is 1. The summed E-state index contributed by atoms with van der Waals surface area (Å²) < 4.78 is 5.53. The van der Waals surface area contributed by atoms with Crippen LogP contribution in [0.15, 0.2) is 22.6 Å². The van der Waals surface area contributed by atoms with Gasteiger partial charge in [-0.2, -0.15) is 0 Å². The molecule has 2 N–H and O–H groups in total. The predicted molar refractivity (Wildman–Crippen MR) is 71.3 cm³/mol. The number of carbonyl (C=O) groups is 1. The molecule has 0 fully saturated rings. The summed E-state index contributed by atoms with van der Waals surface area (Å²) in [7, 11) is 0. The van der Waals surface area contributed by atoms with Crippen molar-refractivity contribution in [1.29, 1.82) is 0 Å². The van der Waals surface area contributed by atoms with E-state index in [4.69, 9.17) is 9.52 Å². The van der Waals surface area contributed by atoms with E-state index in [1.807, 2.05) is 0 Å². The zero-order valence-corrected chi connectivity index (χ0v) is 11.2. The maximum absolute atomic E-state index is 10.4. The first-order chi connectivity index (χ1) is 9.58. The van der Waals surface area contributed by atoms with Crippen LogP contribution in [0.2, 0.25) is 0 Å². The van der Waals surface area contributed by atoms with Crippen LogP contribution in [0, 0.1) is 6.92 Å². The molecule has 1 aromatic carbocycles. The van der Waals surface area contributed by atoms with Crippen LogP contribution in [-0.4, -0.2) is 26.4 Å². The van der Waals surface area contributed by atoms with Crippen LogP contribution >= 0.6 is 0 Å². The van der Waals surface area contributed by atoms with Crippen molar-refractivity contribution in [2.45, 2.75) is 32.6 Å². The SMILES string of the molecule is Cc1c(O)cccc1-c1nnc(CCCCC(=O)O)o1. The summed E-state index contributed by atoms with van der Waals surface area (Å²) in [5.74, 6) is 0.232. The van der Waals surface area contributed by atoms with Crippen LogP contribution in [0.5, 0.6) is 5.75 Å². The van der Waals surface area contributed by atoms with E-state index in [1.165, 1.54) is 0 Å². The third kappa shape index (κ3) is 3.34. The Balaban J connectivity index is 2.02. The van der Waals surface area contributed by atoms with Gasteiger partial charge >= 0.3 is 5.97 Å². The number of benzene rings is 1. The molecule has 106 valence electrons. The van der Waals surface area contributed by atoms with Gasteiger partial charge in [0.05, 0.1) is 0 Å². The molecule has 2 rings (SSSR count). The first-order valence-electron chi connectivity index (χ1n) is 6.41. The van der Waals surface area contributed by atoms with Gasteiger partial charge < -0.3 is 14.6 Å². The van der Waals surface area contributed by atoms with Gasteiger partial charge in [-0.05, 0) is 31.9 Å².